The van der Waals surface area contributed by atoms with Gasteiger partial charge in [0.15, 0.2) is 0 Å². The number of alkyl halides is 3. The Labute approximate surface area is 170 Å². The number of likely N-dealkylation sites (tertiary alicyclic amines) is 1. The van der Waals surface area contributed by atoms with Gasteiger partial charge >= 0.3 is 6.18 Å². The summed E-state index contributed by atoms with van der Waals surface area (Å²) in [5.41, 5.74) is 0. The molecule has 3 rings (SSSR count). The number of amides is 2. The molecule has 29 heavy (non-hydrogen) atoms. The normalized spacial score (nSPS) is 32.1. The number of methoxy groups -OCH3 is 1. The molecular weight excluding hydrogens is 385 g/mol. The second-order valence-corrected chi connectivity index (χ2v) is 8.92. The number of hydrogen-bond acceptors (Lipinski definition) is 3. The van der Waals surface area contributed by atoms with Gasteiger partial charge in [-0.3, -0.25) is 9.59 Å². The molecule has 0 aromatic heterocycles. The third kappa shape index (κ3) is 5.86. The number of rotatable bonds is 4. The summed E-state index contributed by atoms with van der Waals surface area (Å²) in [6.45, 7) is 1.11. The molecule has 0 bridgehead atoms. The Morgan fingerprint density at radius 2 is 1.59 bits per heavy atom. The fraction of sp³-hybridized carbons (Fsp3) is 0.905. The maximum Gasteiger partial charge on any atom is 0.391 e. The Kier molecular flexibility index (Phi) is 7.46. The zero-order valence-corrected chi connectivity index (χ0v) is 17.2. The van der Waals surface area contributed by atoms with Crippen molar-refractivity contribution in [2.75, 3.05) is 20.2 Å². The van der Waals surface area contributed by atoms with Gasteiger partial charge in [-0.2, -0.15) is 13.2 Å². The zero-order valence-electron chi connectivity index (χ0n) is 17.2. The Balaban J connectivity index is 1.42. The van der Waals surface area contributed by atoms with Crippen LogP contribution in [0.15, 0.2) is 0 Å². The van der Waals surface area contributed by atoms with Gasteiger partial charge in [-0.15, -0.1) is 0 Å². The molecule has 1 aliphatic heterocycles. The SMILES string of the molecule is COC1CCC(C(=O)N2CCC(C(=O)NC3CCCC(C(F)(F)F)C3)CC2)CC1. The van der Waals surface area contributed by atoms with Crippen molar-refractivity contribution >= 4 is 11.8 Å². The molecule has 3 aliphatic rings. The van der Waals surface area contributed by atoms with Crippen LogP contribution < -0.4 is 5.32 Å². The second-order valence-electron chi connectivity index (χ2n) is 8.92. The third-order valence-electron chi connectivity index (χ3n) is 7.02. The van der Waals surface area contributed by atoms with E-state index in [1.165, 1.54) is 0 Å². The maximum absolute atomic E-state index is 13.0. The summed E-state index contributed by atoms with van der Waals surface area (Å²) in [4.78, 5) is 27.2. The van der Waals surface area contributed by atoms with Crippen LogP contribution in [0.3, 0.4) is 0 Å². The van der Waals surface area contributed by atoms with E-state index in [9.17, 15) is 22.8 Å². The lowest BCUT2D eigenvalue weighted by molar-refractivity contribution is -0.184. The molecule has 2 aliphatic carbocycles. The fourth-order valence-corrected chi connectivity index (χ4v) is 5.10. The van der Waals surface area contributed by atoms with Crippen LogP contribution in [0.4, 0.5) is 13.2 Å². The van der Waals surface area contributed by atoms with E-state index in [1.807, 2.05) is 4.90 Å². The van der Waals surface area contributed by atoms with E-state index in [0.29, 0.717) is 38.8 Å². The quantitative estimate of drug-likeness (QED) is 0.758. The van der Waals surface area contributed by atoms with Crippen LogP contribution in [0.1, 0.15) is 64.2 Å². The molecular formula is C21H33F3N2O3. The van der Waals surface area contributed by atoms with Crippen molar-refractivity contribution in [3.05, 3.63) is 0 Å². The Morgan fingerprint density at radius 3 is 2.17 bits per heavy atom. The monoisotopic (exact) mass is 418 g/mol. The molecule has 1 N–H and O–H groups in total. The van der Waals surface area contributed by atoms with Crippen molar-refractivity contribution in [3.63, 3.8) is 0 Å². The van der Waals surface area contributed by atoms with Crippen molar-refractivity contribution < 1.29 is 27.5 Å². The molecule has 2 saturated carbocycles. The summed E-state index contributed by atoms with van der Waals surface area (Å²) in [6.07, 6.45) is 1.99. The van der Waals surface area contributed by atoms with E-state index in [2.05, 4.69) is 5.32 Å². The smallest absolute Gasteiger partial charge is 0.381 e. The summed E-state index contributed by atoms with van der Waals surface area (Å²) in [6, 6.07) is -0.390. The molecule has 1 saturated heterocycles. The molecule has 0 aromatic rings. The highest BCUT2D eigenvalue weighted by molar-refractivity contribution is 5.81. The number of nitrogens with one attached hydrogen (secondary N) is 1. The first-order valence-electron chi connectivity index (χ1n) is 11.0. The topological polar surface area (TPSA) is 58.6 Å². The van der Waals surface area contributed by atoms with Crippen LogP contribution in [0.5, 0.6) is 0 Å². The number of carbonyl (C=O) groups excluding carboxylic acids is 2. The number of halogens is 3. The molecule has 2 atom stereocenters. The Bertz CT molecular complexity index is 568. The molecule has 0 spiro atoms. The van der Waals surface area contributed by atoms with Crippen LogP contribution in [0, 0.1) is 17.8 Å². The molecule has 2 unspecified atom stereocenters. The van der Waals surface area contributed by atoms with E-state index < -0.39 is 18.1 Å². The lowest BCUT2D eigenvalue weighted by atomic mass is 9.84. The highest BCUT2D eigenvalue weighted by atomic mass is 19.4. The molecule has 166 valence electrons. The molecule has 2 amide bonds. The number of nitrogens with zero attached hydrogens (tertiary/aromatic N) is 1. The Hall–Kier alpha value is -1.31. The van der Waals surface area contributed by atoms with E-state index >= 15 is 0 Å². The molecule has 0 aromatic carbocycles. The summed E-state index contributed by atoms with van der Waals surface area (Å²) < 4.78 is 44.3. The largest absolute Gasteiger partial charge is 0.391 e. The minimum absolute atomic E-state index is 0.0171. The van der Waals surface area contributed by atoms with Crippen molar-refractivity contribution in [3.8, 4) is 0 Å². The van der Waals surface area contributed by atoms with Gasteiger partial charge in [0.2, 0.25) is 11.8 Å². The van der Waals surface area contributed by atoms with Crippen molar-refractivity contribution in [2.24, 2.45) is 17.8 Å². The number of hydrogen-bond donors (Lipinski definition) is 1. The lowest BCUT2D eigenvalue weighted by Crippen LogP contribution is -2.48. The molecule has 5 nitrogen and oxygen atoms in total. The van der Waals surface area contributed by atoms with Crippen molar-refractivity contribution in [2.45, 2.75) is 82.5 Å². The predicted octanol–water partition coefficient (Wildman–Crippen LogP) is 3.67. The summed E-state index contributed by atoms with van der Waals surface area (Å²) >= 11 is 0. The first-order chi connectivity index (χ1) is 13.8. The molecule has 8 heteroatoms. The summed E-state index contributed by atoms with van der Waals surface area (Å²) in [5, 5.41) is 2.85. The van der Waals surface area contributed by atoms with Gasteiger partial charge < -0.3 is 15.0 Å². The average molecular weight is 419 g/mol. The highest BCUT2D eigenvalue weighted by Crippen LogP contribution is 2.37. The standard InChI is InChI=1S/C21H33F3N2O3/c1-29-18-7-5-15(6-8-18)20(28)26-11-9-14(10-12-26)19(27)25-17-4-2-3-16(13-17)21(22,23)24/h14-18H,2-13H2,1H3,(H,25,27). The van der Waals surface area contributed by atoms with Gasteiger partial charge in [0.1, 0.15) is 0 Å². The second kappa shape index (κ2) is 9.67. The maximum atomic E-state index is 13.0. The van der Waals surface area contributed by atoms with E-state index in [4.69, 9.17) is 4.74 Å². The average Bonchev–Trinajstić information content (AvgIpc) is 2.73. The van der Waals surface area contributed by atoms with E-state index in [-0.39, 0.29) is 42.6 Å². The predicted molar refractivity (Wildman–Crippen MR) is 102 cm³/mol. The van der Waals surface area contributed by atoms with Crippen molar-refractivity contribution in [1.29, 1.82) is 0 Å². The number of piperidine rings is 1. The van der Waals surface area contributed by atoms with Gasteiger partial charge in [0.25, 0.3) is 0 Å². The van der Waals surface area contributed by atoms with E-state index in [0.717, 1.165) is 25.7 Å². The minimum atomic E-state index is -4.18. The van der Waals surface area contributed by atoms with Crippen LogP contribution >= 0.6 is 0 Å². The van der Waals surface area contributed by atoms with Crippen LogP contribution in [-0.2, 0) is 14.3 Å². The highest BCUT2D eigenvalue weighted by Gasteiger charge is 2.43. The fourth-order valence-electron chi connectivity index (χ4n) is 5.10. The molecule has 0 radical (unpaired) electrons. The number of ether oxygens (including phenoxy) is 1. The first-order valence-corrected chi connectivity index (χ1v) is 11.0. The summed E-state index contributed by atoms with van der Waals surface area (Å²) in [7, 11) is 1.71. The Morgan fingerprint density at radius 1 is 0.931 bits per heavy atom. The zero-order chi connectivity index (χ0) is 21.0. The van der Waals surface area contributed by atoms with Crippen LogP contribution in [0.25, 0.3) is 0 Å². The molecule has 1 heterocycles. The van der Waals surface area contributed by atoms with Gasteiger partial charge in [-0.05, 0) is 57.8 Å². The van der Waals surface area contributed by atoms with Gasteiger partial charge in [-0.1, -0.05) is 6.42 Å². The minimum Gasteiger partial charge on any atom is -0.381 e. The molecule has 3 fully saturated rings. The van der Waals surface area contributed by atoms with Gasteiger partial charge in [0.05, 0.1) is 12.0 Å². The van der Waals surface area contributed by atoms with Gasteiger partial charge in [-0.25, -0.2) is 0 Å². The first kappa shape index (κ1) is 22.4. The van der Waals surface area contributed by atoms with Gasteiger partial charge in [0, 0.05) is 38.1 Å². The third-order valence-corrected chi connectivity index (χ3v) is 7.02. The lowest BCUT2D eigenvalue weighted by Gasteiger charge is -2.36. The van der Waals surface area contributed by atoms with E-state index in [1.54, 1.807) is 7.11 Å². The van der Waals surface area contributed by atoms with Crippen LogP contribution in [-0.4, -0.2) is 55.2 Å². The van der Waals surface area contributed by atoms with Crippen LogP contribution in [0.2, 0.25) is 0 Å². The summed E-state index contributed by atoms with van der Waals surface area (Å²) in [5.74, 6) is -1.44. The van der Waals surface area contributed by atoms with Crippen molar-refractivity contribution in [1.82, 2.24) is 10.2 Å². The number of carbonyl (C=O) groups is 2.